The van der Waals surface area contributed by atoms with Gasteiger partial charge in [-0.1, -0.05) is 62.4 Å². The molecule has 4 heteroatoms. The molecule has 0 fully saturated rings. The van der Waals surface area contributed by atoms with Gasteiger partial charge >= 0.3 is 5.97 Å². The molecule has 0 saturated heterocycles. The van der Waals surface area contributed by atoms with E-state index in [0.717, 1.165) is 32.9 Å². The van der Waals surface area contributed by atoms with Crippen molar-refractivity contribution in [1.29, 1.82) is 0 Å². The highest BCUT2D eigenvalue weighted by Gasteiger charge is 2.24. The Morgan fingerprint density at radius 1 is 1.03 bits per heavy atom. The van der Waals surface area contributed by atoms with Gasteiger partial charge in [-0.25, -0.2) is 4.79 Å². The minimum absolute atomic E-state index is 0.169. The van der Waals surface area contributed by atoms with Crippen molar-refractivity contribution in [3.8, 4) is 5.75 Å². The maximum atomic E-state index is 12.8. The Balaban J connectivity index is 1.96. The molecule has 0 aliphatic carbocycles. The molecule has 1 N–H and O–H groups in total. The monoisotopic (exact) mass is 401 g/mol. The lowest BCUT2D eigenvalue weighted by Gasteiger charge is -2.12. The molecule has 4 nitrogen and oxygen atoms in total. The van der Waals surface area contributed by atoms with E-state index in [-0.39, 0.29) is 11.7 Å². The minimum atomic E-state index is -0.358. The van der Waals surface area contributed by atoms with E-state index in [1.807, 2.05) is 31.2 Å². The molecule has 154 valence electrons. The number of rotatable bonds is 5. The SMILES string of the molecule is CCOC(=O)c1c(C)n(Cc2ccc(C(C)C)cc2)c2c1cc(O)c1ccccc12. The van der Waals surface area contributed by atoms with Gasteiger partial charge in [-0.3, -0.25) is 0 Å². The molecule has 1 aromatic heterocycles. The van der Waals surface area contributed by atoms with Gasteiger partial charge in [0.25, 0.3) is 0 Å². The Bertz CT molecular complexity index is 1230. The van der Waals surface area contributed by atoms with E-state index in [2.05, 4.69) is 42.7 Å². The number of phenolic OH excluding ortho intramolecular Hbond substituents is 1. The zero-order valence-corrected chi connectivity index (χ0v) is 17.9. The number of ether oxygens (including phenoxy) is 1. The van der Waals surface area contributed by atoms with Crippen LogP contribution in [0.3, 0.4) is 0 Å². The number of aromatic hydroxyl groups is 1. The number of carbonyl (C=O) groups is 1. The number of aromatic nitrogens is 1. The van der Waals surface area contributed by atoms with Crippen LogP contribution in [0.1, 0.15) is 53.9 Å². The normalized spacial score (nSPS) is 11.5. The maximum absolute atomic E-state index is 12.8. The van der Waals surface area contributed by atoms with Crippen LogP contribution in [0, 0.1) is 6.92 Å². The summed E-state index contributed by atoms with van der Waals surface area (Å²) in [6.07, 6.45) is 0. The largest absolute Gasteiger partial charge is 0.507 e. The van der Waals surface area contributed by atoms with Gasteiger partial charge in [0, 0.05) is 28.4 Å². The third-order valence-electron chi connectivity index (χ3n) is 5.77. The van der Waals surface area contributed by atoms with Crippen molar-refractivity contribution in [2.45, 2.75) is 40.2 Å². The lowest BCUT2D eigenvalue weighted by atomic mass is 10.0. The standard InChI is InChI=1S/C26H27NO3/c1-5-30-26(29)24-17(4)27(15-18-10-12-19(13-11-18)16(2)3)25-21-9-7-6-8-20(21)23(28)14-22(24)25/h6-14,16,28H,5,15H2,1-4H3. The molecule has 0 unspecified atom stereocenters. The minimum Gasteiger partial charge on any atom is -0.507 e. The van der Waals surface area contributed by atoms with E-state index in [1.165, 1.54) is 5.56 Å². The van der Waals surface area contributed by atoms with Gasteiger partial charge in [0.2, 0.25) is 0 Å². The fourth-order valence-electron chi connectivity index (χ4n) is 4.17. The van der Waals surface area contributed by atoms with E-state index in [1.54, 1.807) is 13.0 Å². The van der Waals surface area contributed by atoms with Gasteiger partial charge in [-0.05, 0) is 37.0 Å². The summed E-state index contributed by atoms with van der Waals surface area (Å²) in [4.78, 5) is 12.8. The number of hydrogen-bond donors (Lipinski definition) is 1. The summed E-state index contributed by atoms with van der Waals surface area (Å²) < 4.78 is 7.50. The van der Waals surface area contributed by atoms with E-state index in [4.69, 9.17) is 4.74 Å². The molecule has 0 aliphatic heterocycles. The summed E-state index contributed by atoms with van der Waals surface area (Å²) >= 11 is 0. The summed E-state index contributed by atoms with van der Waals surface area (Å²) in [5.74, 6) is 0.293. The second-order valence-electron chi connectivity index (χ2n) is 8.00. The molecular weight excluding hydrogens is 374 g/mol. The van der Waals surface area contributed by atoms with Gasteiger partial charge in [0.05, 0.1) is 17.7 Å². The van der Waals surface area contributed by atoms with E-state index in [0.29, 0.717) is 24.6 Å². The second kappa shape index (κ2) is 7.86. The molecule has 1 heterocycles. The van der Waals surface area contributed by atoms with E-state index < -0.39 is 0 Å². The molecular formula is C26H27NO3. The average Bonchev–Trinajstić information content (AvgIpc) is 3.00. The number of fused-ring (bicyclic) bond motifs is 3. The molecule has 3 aromatic carbocycles. The molecule has 4 rings (SSSR count). The third-order valence-corrected chi connectivity index (χ3v) is 5.77. The highest BCUT2D eigenvalue weighted by Crippen LogP contribution is 2.38. The predicted molar refractivity (Wildman–Crippen MR) is 121 cm³/mol. The summed E-state index contributed by atoms with van der Waals surface area (Å²) in [5.41, 5.74) is 4.76. The van der Waals surface area contributed by atoms with Crippen molar-refractivity contribution in [3.63, 3.8) is 0 Å². The fraction of sp³-hybridized carbons (Fsp3) is 0.269. The molecule has 0 radical (unpaired) electrons. The third kappa shape index (κ3) is 3.32. The summed E-state index contributed by atoms with van der Waals surface area (Å²) in [6, 6.07) is 18.1. The first kappa shape index (κ1) is 20.0. The van der Waals surface area contributed by atoms with Crippen LogP contribution in [-0.2, 0) is 11.3 Å². The molecule has 4 aromatic rings. The van der Waals surface area contributed by atoms with Crippen LogP contribution >= 0.6 is 0 Å². The van der Waals surface area contributed by atoms with Gasteiger partial charge in [0.1, 0.15) is 5.75 Å². The van der Waals surface area contributed by atoms with Crippen molar-refractivity contribution >= 4 is 27.6 Å². The van der Waals surface area contributed by atoms with Gasteiger partial charge in [0.15, 0.2) is 0 Å². The Morgan fingerprint density at radius 3 is 2.33 bits per heavy atom. The summed E-state index contributed by atoms with van der Waals surface area (Å²) in [6.45, 7) is 9.05. The molecule has 0 aliphatic rings. The van der Waals surface area contributed by atoms with Crippen LogP contribution in [0.15, 0.2) is 54.6 Å². The van der Waals surface area contributed by atoms with Crippen LogP contribution < -0.4 is 0 Å². The smallest absolute Gasteiger partial charge is 0.340 e. The Kier molecular flexibility index (Phi) is 5.25. The maximum Gasteiger partial charge on any atom is 0.340 e. The number of hydrogen-bond acceptors (Lipinski definition) is 3. The molecule has 0 atom stereocenters. The lowest BCUT2D eigenvalue weighted by molar-refractivity contribution is 0.0527. The number of benzene rings is 3. The van der Waals surface area contributed by atoms with E-state index >= 15 is 0 Å². The number of esters is 1. The van der Waals surface area contributed by atoms with Crippen molar-refractivity contribution in [1.82, 2.24) is 4.57 Å². The molecule has 0 saturated carbocycles. The highest BCUT2D eigenvalue weighted by atomic mass is 16.5. The van der Waals surface area contributed by atoms with Crippen LogP contribution in [0.4, 0.5) is 0 Å². The van der Waals surface area contributed by atoms with Gasteiger partial charge in [-0.15, -0.1) is 0 Å². The molecule has 0 bridgehead atoms. The average molecular weight is 402 g/mol. The number of nitrogens with zero attached hydrogens (tertiary/aromatic N) is 1. The molecule has 0 amide bonds. The van der Waals surface area contributed by atoms with Crippen LogP contribution in [0.25, 0.3) is 21.7 Å². The van der Waals surface area contributed by atoms with Crippen molar-refractivity contribution in [3.05, 3.63) is 77.0 Å². The lowest BCUT2D eigenvalue weighted by Crippen LogP contribution is -2.08. The van der Waals surface area contributed by atoms with Gasteiger partial charge in [-0.2, -0.15) is 0 Å². The highest BCUT2D eigenvalue weighted by molar-refractivity contribution is 6.16. The Hall–Kier alpha value is -3.27. The zero-order chi connectivity index (χ0) is 21.4. The Morgan fingerprint density at radius 2 is 1.70 bits per heavy atom. The first-order chi connectivity index (χ1) is 14.4. The molecule has 0 spiro atoms. The van der Waals surface area contributed by atoms with E-state index in [9.17, 15) is 9.90 Å². The zero-order valence-electron chi connectivity index (χ0n) is 17.9. The van der Waals surface area contributed by atoms with Gasteiger partial charge < -0.3 is 14.4 Å². The van der Waals surface area contributed by atoms with Crippen LogP contribution in [-0.4, -0.2) is 22.2 Å². The fourth-order valence-corrected chi connectivity index (χ4v) is 4.17. The van der Waals surface area contributed by atoms with Crippen LogP contribution in [0.5, 0.6) is 5.75 Å². The summed E-state index contributed by atoms with van der Waals surface area (Å²) in [7, 11) is 0. The first-order valence-electron chi connectivity index (χ1n) is 10.4. The number of carbonyl (C=O) groups excluding carboxylic acids is 1. The second-order valence-corrected chi connectivity index (χ2v) is 8.00. The topological polar surface area (TPSA) is 51.5 Å². The summed E-state index contributed by atoms with van der Waals surface area (Å²) in [5, 5.41) is 13.0. The predicted octanol–water partition coefficient (Wildman–Crippen LogP) is 6.16. The number of phenols is 1. The molecule has 30 heavy (non-hydrogen) atoms. The quantitative estimate of drug-likeness (QED) is 0.408. The first-order valence-corrected chi connectivity index (χ1v) is 10.4. The van der Waals surface area contributed by atoms with Crippen LogP contribution in [0.2, 0.25) is 0 Å². The van der Waals surface area contributed by atoms with Crippen molar-refractivity contribution in [2.24, 2.45) is 0 Å². The van der Waals surface area contributed by atoms with Crippen molar-refractivity contribution < 1.29 is 14.6 Å². The van der Waals surface area contributed by atoms with Crippen molar-refractivity contribution in [2.75, 3.05) is 6.61 Å². The Labute approximate surface area is 176 Å².